The van der Waals surface area contributed by atoms with Gasteiger partial charge in [0.1, 0.15) is 0 Å². The number of nitrogens with zero attached hydrogens (tertiary/aromatic N) is 2. The van der Waals surface area contributed by atoms with Crippen molar-refractivity contribution in [2.75, 3.05) is 5.73 Å². The Morgan fingerprint density at radius 2 is 2.19 bits per heavy atom. The van der Waals surface area contributed by atoms with Gasteiger partial charge in [0, 0.05) is 5.39 Å². The minimum absolute atomic E-state index is 0.174. The summed E-state index contributed by atoms with van der Waals surface area (Å²) in [7, 11) is 0. The number of aromatic nitrogens is 2. The van der Waals surface area contributed by atoms with Crippen molar-refractivity contribution in [1.29, 1.82) is 0 Å². The molecule has 5 heteroatoms. The molecule has 0 radical (unpaired) electrons. The smallest absolute Gasteiger partial charge is 0.358 e. The third kappa shape index (κ3) is 1.56. The van der Waals surface area contributed by atoms with Crippen LogP contribution in [0.4, 0.5) is 5.69 Å². The summed E-state index contributed by atoms with van der Waals surface area (Å²) in [6.45, 7) is 2.02. The van der Waals surface area contributed by atoms with Gasteiger partial charge in [-0.2, -0.15) is 0 Å². The first-order chi connectivity index (χ1) is 7.63. The van der Waals surface area contributed by atoms with Crippen molar-refractivity contribution < 1.29 is 9.90 Å². The van der Waals surface area contributed by atoms with Crippen LogP contribution in [0.2, 0.25) is 0 Å². The zero-order valence-electron chi connectivity index (χ0n) is 8.77. The van der Waals surface area contributed by atoms with Crippen molar-refractivity contribution in [3.8, 4) is 0 Å². The van der Waals surface area contributed by atoms with E-state index in [1.165, 1.54) is 0 Å². The van der Waals surface area contributed by atoms with Crippen molar-refractivity contribution in [1.82, 2.24) is 10.2 Å². The van der Waals surface area contributed by atoms with Gasteiger partial charge in [-0.3, -0.25) is 0 Å². The molecule has 0 amide bonds. The molecule has 3 N–H and O–H groups in total. The summed E-state index contributed by atoms with van der Waals surface area (Å²) in [5.41, 5.74) is 7.44. The van der Waals surface area contributed by atoms with Crippen LogP contribution < -0.4 is 5.73 Å². The molecule has 0 unspecified atom stereocenters. The normalized spacial score (nSPS) is 10.6. The maximum atomic E-state index is 10.8. The zero-order chi connectivity index (χ0) is 11.7. The minimum Gasteiger partial charge on any atom is -0.476 e. The summed E-state index contributed by atoms with van der Waals surface area (Å²) in [6.07, 6.45) is 0.861. The first-order valence-electron chi connectivity index (χ1n) is 4.91. The topological polar surface area (TPSA) is 89.1 Å². The molecule has 1 aromatic carbocycles. The number of nitrogens with two attached hydrogens (primary N) is 1. The summed E-state index contributed by atoms with van der Waals surface area (Å²) >= 11 is 0. The van der Waals surface area contributed by atoms with Gasteiger partial charge in [0.25, 0.3) is 0 Å². The van der Waals surface area contributed by atoms with E-state index in [1.54, 1.807) is 6.07 Å². The van der Waals surface area contributed by atoms with Crippen LogP contribution in [0.1, 0.15) is 23.0 Å². The molecule has 0 saturated heterocycles. The molecule has 1 heterocycles. The molecular formula is C11H11N3O2. The molecule has 82 valence electrons. The number of aromatic carboxylic acids is 1. The molecular weight excluding hydrogens is 206 g/mol. The van der Waals surface area contributed by atoms with Crippen LogP contribution in [0, 0.1) is 0 Å². The largest absolute Gasteiger partial charge is 0.476 e. The fourth-order valence-electron chi connectivity index (χ4n) is 1.55. The number of hydrogen-bond acceptors (Lipinski definition) is 4. The van der Waals surface area contributed by atoms with Crippen LogP contribution in [0.3, 0.4) is 0 Å². The molecule has 0 saturated carbocycles. The van der Waals surface area contributed by atoms with E-state index < -0.39 is 5.97 Å². The van der Waals surface area contributed by atoms with E-state index in [9.17, 15) is 4.79 Å². The van der Waals surface area contributed by atoms with Crippen LogP contribution in [0.15, 0.2) is 18.2 Å². The highest BCUT2D eigenvalue weighted by Gasteiger charge is 2.13. The summed E-state index contributed by atoms with van der Waals surface area (Å²) in [5, 5.41) is 16.9. The Labute approximate surface area is 91.9 Å². The number of carboxylic acids is 1. The highest BCUT2D eigenvalue weighted by molar-refractivity contribution is 6.01. The second kappa shape index (κ2) is 3.77. The van der Waals surface area contributed by atoms with Crippen LogP contribution >= 0.6 is 0 Å². The molecule has 16 heavy (non-hydrogen) atoms. The molecule has 0 spiro atoms. The zero-order valence-corrected chi connectivity index (χ0v) is 8.77. The maximum absolute atomic E-state index is 10.8. The van der Waals surface area contributed by atoms with Gasteiger partial charge in [0.15, 0.2) is 5.69 Å². The molecule has 0 aliphatic heterocycles. The van der Waals surface area contributed by atoms with E-state index in [2.05, 4.69) is 10.2 Å². The molecule has 0 atom stereocenters. The van der Waals surface area contributed by atoms with Crippen LogP contribution in [-0.4, -0.2) is 21.3 Å². The molecule has 2 rings (SSSR count). The van der Waals surface area contributed by atoms with Crippen LogP contribution in [0.5, 0.6) is 0 Å². The Hall–Kier alpha value is -2.17. The summed E-state index contributed by atoms with van der Waals surface area (Å²) in [6, 6.07) is 5.58. The lowest BCUT2D eigenvalue weighted by Crippen LogP contribution is -2.07. The van der Waals surface area contributed by atoms with E-state index in [-0.39, 0.29) is 11.4 Å². The lowest BCUT2D eigenvalue weighted by atomic mass is 10.1. The molecule has 0 aliphatic carbocycles. The second-order valence-electron chi connectivity index (χ2n) is 3.47. The third-order valence-corrected chi connectivity index (χ3v) is 2.47. The number of carbonyl (C=O) groups is 1. The average molecular weight is 217 g/mol. The minimum atomic E-state index is -1.16. The Morgan fingerprint density at radius 3 is 2.81 bits per heavy atom. The number of fused-ring (bicyclic) bond motifs is 1. The van der Waals surface area contributed by atoms with E-state index in [0.29, 0.717) is 10.9 Å². The van der Waals surface area contributed by atoms with Crippen molar-refractivity contribution >= 4 is 22.6 Å². The summed E-state index contributed by atoms with van der Waals surface area (Å²) in [5.74, 6) is -1.16. The Balaban J connectivity index is 2.75. The number of benzene rings is 1. The number of carboxylic acid groups (broad SMARTS) is 1. The molecule has 5 nitrogen and oxygen atoms in total. The van der Waals surface area contributed by atoms with Crippen molar-refractivity contribution in [3.05, 3.63) is 29.5 Å². The first-order valence-corrected chi connectivity index (χ1v) is 4.91. The first kappa shape index (κ1) is 10.4. The van der Waals surface area contributed by atoms with Gasteiger partial charge in [0.05, 0.1) is 11.2 Å². The van der Waals surface area contributed by atoms with E-state index in [4.69, 9.17) is 10.8 Å². The van der Waals surface area contributed by atoms with Crippen LogP contribution in [-0.2, 0) is 6.42 Å². The highest BCUT2D eigenvalue weighted by atomic mass is 16.4. The van der Waals surface area contributed by atoms with Crippen molar-refractivity contribution in [2.24, 2.45) is 0 Å². The van der Waals surface area contributed by atoms with Gasteiger partial charge >= 0.3 is 5.97 Å². The van der Waals surface area contributed by atoms with Crippen molar-refractivity contribution in [2.45, 2.75) is 13.3 Å². The molecule has 0 bridgehead atoms. The highest BCUT2D eigenvalue weighted by Crippen LogP contribution is 2.22. The monoisotopic (exact) mass is 217 g/mol. The van der Waals surface area contributed by atoms with Crippen LogP contribution in [0.25, 0.3) is 10.9 Å². The molecule has 0 fully saturated rings. The quantitative estimate of drug-likeness (QED) is 0.795. The lowest BCUT2D eigenvalue weighted by Gasteiger charge is -2.05. The Bertz CT molecular complexity index is 566. The number of hydrogen-bond donors (Lipinski definition) is 2. The van der Waals surface area contributed by atoms with Gasteiger partial charge in [-0.25, -0.2) is 4.79 Å². The van der Waals surface area contributed by atoms with Gasteiger partial charge in [-0.1, -0.05) is 13.0 Å². The van der Waals surface area contributed by atoms with Crippen molar-refractivity contribution in [3.63, 3.8) is 0 Å². The number of nitrogen functional groups attached to an aromatic ring is 1. The molecule has 1 aromatic heterocycles. The fraction of sp³-hybridized carbons (Fsp3) is 0.182. The third-order valence-electron chi connectivity index (χ3n) is 2.47. The van der Waals surface area contributed by atoms with E-state index in [1.807, 2.05) is 19.1 Å². The summed E-state index contributed by atoms with van der Waals surface area (Å²) in [4.78, 5) is 10.8. The second-order valence-corrected chi connectivity index (χ2v) is 3.47. The standard InChI is InChI=1S/C11H11N3O2/c1-2-6-3-4-8-7(5-6)9(12)10(11(15)16)14-13-8/h3-5H,2H2,1H3,(H2,12,13)(H,15,16). The fourth-order valence-corrected chi connectivity index (χ4v) is 1.55. The van der Waals surface area contributed by atoms with Gasteiger partial charge in [-0.05, 0) is 24.1 Å². The number of aryl methyl sites for hydroxylation is 1. The van der Waals surface area contributed by atoms with Gasteiger partial charge < -0.3 is 10.8 Å². The molecule has 2 aromatic rings. The Morgan fingerprint density at radius 1 is 1.44 bits per heavy atom. The lowest BCUT2D eigenvalue weighted by molar-refractivity contribution is 0.0691. The van der Waals surface area contributed by atoms with Gasteiger partial charge in [-0.15, -0.1) is 10.2 Å². The average Bonchev–Trinajstić information content (AvgIpc) is 2.28. The van der Waals surface area contributed by atoms with Gasteiger partial charge in [0.2, 0.25) is 0 Å². The Kier molecular flexibility index (Phi) is 2.44. The number of rotatable bonds is 2. The SMILES string of the molecule is CCc1ccc2nnc(C(=O)O)c(N)c2c1. The summed E-state index contributed by atoms with van der Waals surface area (Å²) < 4.78 is 0. The number of anilines is 1. The van der Waals surface area contributed by atoms with E-state index >= 15 is 0 Å². The maximum Gasteiger partial charge on any atom is 0.358 e. The van der Waals surface area contributed by atoms with E-state index in [0.717, 1.165) is 12.0 Å². The predicted molar refractivity (Wildman–Crippen MR) is 60.3 cm³/mol. The predicted octanol–water partition coefficient (Wildman–Crippen LogP) is 1.47. The molecule has 0 aliphatic rings.